The van der Waals surface area contributed by atoms with Crippen molar-refractivity contribution >= 4 is 5.91 Å². The van der Waals surface area contributed by atoms with Crippen LogP contribution in [0.1, 0.15) is 25.7 Å². The summed E-state index contributed by atoms with van der Waals surface area (Å²) in [5, 5.41) is 10.7. The van der Waals surface area contributed by atoms with E-state index < -0.39 is 0 Å². The van der Waals surface area contributed by atoms with Gasteiger partial charge in [-0.2, -0.15) is 0 Å². The molecule has 0 aliphatic rings. The molecule has 0 aliphatic heterocycles. The monoisotopic (exact) mass is 183 g/mol. The third kappa shape index (κ3) is 4.19. The van der Waals surface area contributed by atoms with Crippen LogP contribution >= 0.6 is 0 Å². The highest BCUT2D eigenvalue weighted by Crippen LogP contribution is 2.00. The average Bonchev–Trinajstić information content (AvgIpc) is 2.55. The van der Waals surface area contributed by atoms with Gasteiger partial charge in [0.05, 0.1) is 0 Å². The fourth-order valence-electron chi connectivity index (χ4n) is 1.03. The van der Waals surface area contributed by atoms with E-state index in [1.807, 2.05) is 0 Å². The van der Waals surface area contributed by atoms with Crippen molar-refractivity contribution < 1.29 is 4.79 Å². The normalized spacial score (nSPS) is 10.2. The van der Waals surface area contributed by atoms with Gasteiger partial charge in [0.25, 0.3) is 0 Å². The van der Waals surface area contributed by atoms with Gasteiger partial charge in [0, 0.05) is 13.0 Å². The summed E-state index contributed by atoms with van der Waals surface area (Å²) in [4.78, 5) is 10.4. The minimum Gasteiger partial charge on any atom is -0.370 e. The Morgan fingerprint density at radius 3 is 2.85 bits per heavy atom. The largest absolute Gasteiger partial charge is 0.370 e. The first-order chi connectivity index (χ1) is 6.29. The molecule has 0 saturated carbocycles. The molecule has 1 aromatic rings. The van der Waals surface area contributed by atoms with E-state index in [0.29, 0.717) is 6.42 Å². The highest BCUT2D eigenvalue weighted by molar-refractivity contribution is 5.73. The first-order valence-corrected chi connectivity index (χ1v) is 4.28. The molecule has 0 atom stereocenters. The summed E-state index contributed by atoms with van der Waals surface area (Å²) >= 11 is 0. The molecule has 0 unspecified atom stereocenters. The lowest BCUT2D eigenvalue weighted by Gasteiger charge is -1.98. The number of hydrogen-bond donors (Lipinski definition) is 1. The van der Waals surface area contributed by atoms with Gasteiger partial charge in [-0.05, 0) is 23.3 Å². The zero-order chi connectivity index (χ0) is 9.52. The van der Waals surface area contributed by atoms with Gasteiger partial charge in [-0.1, -0.05) is 6.42 Å². The zero-order valence-corrected chi connectivity index (χ0v) is 7.39. The zero-order valence-electron chi connectivity index (χ0n) is 7.39. The number of tetrazole rings is 1. The third-order valence-corrected chi connectivity index (χ3v) is 1.70. The smallest absolute Gasteiger partial charge is 0.217 e. The highest BCUT2D eigenvalue weighted by Gasteiger charge is 1.95. The van der Waals surface area contributed by atoms with Gasteiger partial charge < -0.3 is 5.73 Å². The van der Waals surface area contributed by atoms with Gasteiger partial charge in [-0.25, -0.2) is 4.68 Å². The molecule has 0 saturated heterocycles. The second-order valence-corrected chi connectivity index (χ2v) is 2.85. The summed E-state index contributed by atoms with van der Waals surface area (Å²) in [7, 11) is 0. The summed E-state index contributed by atoms with van der Waals surface area (Å²) in [6.07, 6.45) is 4.84. The number of amides is 1. The average molecular weight is 183 g/mol. The van der Waals surface area contributed by atoms with E-state index in [9.17, 15) is 4.79 Å². The molecule has 1 amide bonds. The number of rotatable bonds is 6. The second-order valence-electron chi connectivity index (χ2n) is 2.85. The van der Waals surface area contributed by atoms with Crippen molar-refractivity contribution in [3.8, 4) is 0 Å². The molecule has 6 heteroatoms. The van der Waals surface area contributed by atoms with E-state index in [0.717, 1.165) is 25.8 Å². The first-order valence-electron chi connectivity index (χ1n) is 4.28. The number of aryl methyl sites for hydroxylation is 1. The maximum Gasteiger partial charge on any atom is 0.217 e. The number of carbonyl (C=O) groups excluding carboxylic acids is 1. The van der Waals surface area contributed by atoms with Gasteiger partial charge in [0.2, 0.25) is 5.91 Å². The Hall–Kier alpha value is -1.46. The van der Waals surface area contributed by atoms with Crippen LogP contribution in [-0.4, -0.2) is 26.1 Å². The van der Waals surface area contributed by atoms with Crippen molar-refractivity contribution in [3.05, 3.63) is 6.33 Å². The van der Waals surface area contributed by atoms with Crippen LogP contribution in [0.3, 0.4) is 0 Å². The number of hydrogen-bond acceptors (Lipinski definition) is 4. The maximum absolute atomic E-state index is 10.4. The van der Waals surface area contributed by atoms with Crippen LogP contribution in [0.4, 0.5) is 0 Å². The summed E-state index contributed by atoms with van der Waals surface area (Å²) in [5.41, 5.74) is 4.99. The van der Waals surface area contributed by atoms with Crippen LogP contribution < -0.4 is 5.73 Å². The molecule has 6 nitrogen and oxygen atoms in total. The van der Waals surface area contributed by atoms with Crippen LogP contribution in [0.15, 0.2) is 6.33 Å². The molecule has 0 bridgehead atoms. The Labute approximate surface area is 76.1 Å². The van der Waals surface area contributed by atoms with Crippen LogP contribution in [0.2, 0.25) is 0 Å². The Morgan fingerprint density at radius 1 is 1.38 bits per heavy atom. The lowest BCUT2D eigenvalue weighted by atomic mass is 10.2. The number of aromatic nitrogens is 4. The molecule has 0 radical (unpaired) electrons. The van der Waals surface area contributed by atoms with Crippen molar-refractivity contribution in [2.75, 3.05) is 0 Å². The highest BCUT2D eigenvalue weighted by atomic mass is 16.1. The minimum atomic E-state index is -0.234. The van der Waals surface area contributed by atoms with E-state index in [-0.39, 0.29) is 5.91 Å². The number of nitrogens with two attached hydrogens (primary N) is 1. The van der Waals surface area contributed by atoms with Crippen molar-refractivity contribution in [1.29, 1.82) is 0 Å². The molecule has 0 spiro atoms. The standard InChI is InChI=1S/C7H13N5O/c8-7(13)4-2-1-3-5-12-6-9-10-11-12/h6H,1-5H2,(H2,8,13). The topological polar surface area (TPSA) is 86.7 Å². The Kier molecular flexibility index (Phi) is 3.87. The summed E-state index contributed by atoms with van der Waals surface area (Å²) in [6.45, 7) is 0.797. The molecule has 1 heterocycles. The third-order valence-electron chi connectivity index (χ3n) is 1.70. The number of carbonyl (C=O) groups is 1. The lowest BCUT2D eigenvalue weighted by molar-refractivity contribution is -0.118. The van der Waals surface area contributed by atoms with Crippen molar-refractivity contribution in [3.63, 3.8) is 0 Å². The van der Waals surface area contributed by atoms with Gasteiger partial charge in [-0.15, -0.1) is 5.10 Å². The molecule has 2 N–H and O–H groups in total. The molecule has 13 heavy (non-hydrogen) atoms. The summed E-state index contributed by atoms with van der Waals surface area (Å²) < 4.78 is 1.67. The van der Waals surface area contributed by atoms with Crippen molar-refractivity contribution in [2.45, 2.75) is 32.2 Å². The molecule has 0 aliphatic carbocycles. The predicted molar refractivity (Wildman–Crippen MR) is 45.5 cm³/mol. The Bertz CT molecular complexity index is 245. The fraction of sp³-hybridized carbons (Fsp3) is 0.714. The molecular formula is C7H13N5O. The number of nitrogens with zero attached hydrogens (tertiary/aromatic N) is 4. The van der Waals surface area contributed by atoms with E-state index in [2.05, 4.69) is 15.5 Å². The van der Waals surface area contributed by atoms with Gasteiger partial charge in [-0.3, -0.25) is 4.79 Å². The van der Waals surface area contributed by atoms with Crippen LogP contribution in [0, 0.1) is 0 Å². The predicted octanol–water partition coefficient (Wildman–Crippen LogP) is -0.281. The lowest BCUT2D eigenvalue weighted by Crippen LogP contribution is -2.09. The summed E-state index contributed by atoms with van der Waals surface area (Å²) in [6, 6.07) is 0. The van der Waals surface area contributed by atoms with E-state index in [4.69, 9.17) is 5.73 Å². The van der Waals surface area contributed by atoms with Gasteiger partial charge in [0.1, 0.15) is 6.33 Å². The quantitative estimate of drug-likeness (QED) is 0.614. The second kappa shape index (κ2) is 5.23. The molecule has 0 aromatic carbocycles. The Balaban J connectivity index is 1.99. The van der Waals surface area contributed by atoms with Crippen molar-refractivity contribution in [1.82, 2.24) is 20.2 Å². The first kappa shape index (κ1) is 9.63. The maximum atomic E-state index is 10.4. The minimum absolute atomic E-state index is 0.234. The molecule has 0 fully saturated rings. The SMILES string of the molecule is NC(=O)CCCCCn1cnnn1. The van der Waals surface area contributed by atoms with Gasteiger partial charge >= 0.3 is 0 Å². The fourth-order valence-corrected chi connectivity index (χ4v) is 1.03. The van der Waals surface area contributed by atoms with E-state index in [1.54, 1.807) is 11.0 Å². The van der Waals surface area contributed by atoms with Crippen LogP contribution in [0.5, 0.6) is 0 Å². The van der Waals surface area contributed by atoms with E-state index >= 15 is 0 Å². The number of primary amides is 1. The molecule has 1 aromatic heterocycles. The van der Waals surface area contributed by atoms with Crippen molar-refractivity contribution in [2.24, 2.45) is 5.73 Å². The molecular weight excluding hydrogens is 170 g/mol. The van der Waals surface area contributed by atoms with Crippen LogP contribution in [0.25, 0.3) is 0 Å². The Morgan fingerprint density at radius 2 is 2.23 bits per heavy atom. The summed E-state index contributed by atoms with van der Waals surface area (Å²) in [5.74, 6) is -0.234. The van der Waals surface area contributed by atoms with Gasteiger partial charge in [0.15, 0.2) is 0 Å². The van der Waals surface area contributed by atoms with Crippen LogP contribution in [-0.2, 0) is 11.3 Å². The van der Waals surface area contributed by atoms with E-state index in [1.165, 1.54) is 0 Å². The number of unbranched alkanes of at least 4 members (excludes halogenated alkanes) is 2. The molecule has 72 valence electrons. The molecule has 1 rings (SSSR count).